The SMILES string of the molecule is O=C(NC1CCN(CCN2CCC(O)CC2)CC1)c1cc2c(OCc3coc4cc(Cl)ccc34)cccc2[nH]1.O=C(O)c1cc2c(OCc3coc4cc(Cl)ccc34)cccc2[nH]1. The van der Waals surface area contributed by atoms with Gasteiger partial charge >= 0.3 is 5.97 Å². The van der Waals surface area contributed by atoms with E-state index in [9.17, 15) is 14.7 Å². The zero-order valence-corrected chi connectivity index (χ0v) is 35.9. The number of aromatic carboxylic acids is 1. The second kappa shape index (κ2) is 18.8. The number of nitrogens with one attached hydrogen (secondary N) is 3. The lowest BCUT2D eigenvalue weighted by Crippen LogP contribution is -2.47. The fourth-order valence-corrected chi connectivity index (χ4v) is 8.71. The number of aliphatic hydroxyl groups excluding tert-OH is 1. The van der Waals surface area contributed by atoms with Gasteiger partial charge in [-0.1, -0.05) is 35.3 Å². The summed E-state index contributed by atoms with van der Waals surface area (Å²) in [6, 6.07) is 25.8. The van der Waals surface area contributed by atoms with Crippen molar-refractivity contribution in [3.05, 3.63) is 130 Å². The van der Waals surface area contributed by atoms with Crippen LogP contribution in [0.4, 0.5) is 0 Å². The molecule has 1 amide bonds. The molecule has 0 bridgehead atoms. The summed E-state index contributed by atoms with van der Waals surface area (Å²) in [6.07, 6.45) is 6.87. The summed E-state index contributed by atoms with van der Waals surface area (Å²) >= 11 is 12.0. The van der Waals surface area contributed by atoms with E-state index in [1.54, 1.807) is 42.9 Å². The monoisotopic (exact) mass is 891 g/mol. The first-order valence-electron chi connectivity index (χ1n) is 21.1. The van der Waals surface area contributed by atoms with Gasteiger partial charge in [0, 0.05) is 99.1 Å². The van der Waals surface area contributed by atoms with Crippen LogP contribution in [0.5, 0.6) is 11.5 Å². The van der Waals surface area contributed by atoms with E-state index in [0.717, 1.165) is 109 Å². The van der Waals surface area contributed by atoms with Crippen molar-refractivity contribution in [1.29, 1.82) is 0 Å². The van der Waals surface area contributed by atoms with Crippen LogP contribution in [0.3, 0.4) is 0 Å². The van der Waals surface area contributed by atoms with E-state index in [-0.39, 0.29) is 23.7 Å². The lowest BCUT2D eigenvalue weighted by molar-refractivity contribution is 0.0691. The van der Waals surface area contributed by atoms with Crippen molar-refractivity contribution in [2.45, 2.75) is 51.0 Å². The Balaban J connectivity index is 0.000000179. The standard InChI is InChI=1S/C30H35ClN4O4.C18H12ClNO4/c31-21-4-5-24-20(19-39-29(24)16-21)18-38-28-3-1-2-26-25(28)17-27(33-26)30(37)32-22-6-10-34(11-7-22)14-15-35-12-8-23(36)9-13-35;19-11-4-5-12-10(9-24-17(12)6-11)8-23-16-3-1-2-14-13(16)7-15(20-14)18(21)22/h1-5,16-17,19,22-23,33,36H,6-15,18H2,(H,32,37);1-7,9,20H,8H2,(H,21,22). The zero-order valence-electron chi connectivity index (χ0n) is 34.4. The van der Waals surface area contributed by atoms with E-state index in [0.29, 0.717) is 51.6 Å². The van der Waals surface area contributed by atoms with Crippen LogP contribution in [0.1, 0.15) is 57.8 Å². The lowest BCUT2D eigenvalue weighted by atomic mass is 10.0. The predicted molar refractivity (Wildman–Crippen MR) is 243 cm³/mol. The Kier molecular flexibility index (Phi) is 12.6. The number of aromatic amines is 2. The van der Waals surface area contributed by atoms with Gasteiger partial charge in [0.15, 0.2) is 0 Å². The maximum atomic E-state index is 13.1. The van der Waals surface area contributed by atoms with Crippen molar-refractivity contribution in [2.24, 2.45) is 0 Å². The van der Waals surface area contributed by atoms with E-state index >= 15 is 0 Å². The van der Waals surface area contributed by atoms with Gasteiger partial charge in [0.2, 0.25) is 0 Å². The molecule has 326 valence electrons. The van der Waals surface area contributed by atoms with Gasteiger partial charge in [0.25, 0.3) is 5.91 Å². The summed E-state index contributed by atoms with van der Waals surface area (Å²) in [7, 11) is 0. The number of carboxylic acid groups (broad SMARTS) is 1. The number of ether oxygens (including phenoxy) is 2. The Labute approximate surface area is 372 Å². The molecule has 0 unspecified atom stereocenters. The number of hydrogen-bond acceptors (Lipinski definition) is 9. The smallest absolute Gasteiger partial charge is 0.352 e. The minimum Gasteiger partial charge on any atom is -0.488 e. The second-order valence-corrected chi connectivity index (χ2v) is 17.0. The van der Waals surface area contributed by atoms with Crippen LogP contribution in [-0.4, -0.2) is 93.3 Å². The summed E-state index contributed by atoms with van der Waals surface area (Å²) in [5.41, 5.74) is 5.52. The molecule has 0 saturated carbocycles. The van der Waals surface area contributed by atoms with E-state index < -0.39 is 5.97 Å². The number of carbonyl (C=O) groups is 2. The number of likely N-dealkylation sites (tertiary alicyclic amines) is 2. The van der Waals surface area contributed by atoms with Crippen LogP contribution in [0.25, 0.3) is 43.7 Å². The van der Waals surface area contributed by atoms with E-state index in [2.05, 4.69) is 25.1 Å². The maximum Gasteiger partial charge on any atom is 0.352 e. The molecule has 0 spiro atoms. The summed E-state index contributed by atoms with van der Waals surface area (Å²) < 4.78 is 23.2. The molecule has 2 saturated heterocycles. The van der Waals surface area contributed by atoms with Crippen LogP contribution >= 0.6 is 23.2 Å². The molecule has 10 rings (SSSR count). The summed E-state index contributed by atoms with van der Waals surface area (Å²) in [4.78, 5) is 35.3. The third kappa shape index (κ3) is 9.83. The molecule has 2 fully saturated rings. The Morgan fingerprint density at radius 2 is 1.16 bits per heavy atom. The van der Waals surface area contributed by atoms with Gasteiger partial charge in [-0.2, -0.15) is 0 Å². The number of aliphatic hydroxyl groups is 1. The molecule has 2 aliphatic rings. The van der Waals surface area contributed by atoms with Crippen LogP contribution in [-0.2, 0) is 13.2 Å². The summed E-state index contributed by atoms with van der Waals surface area (Å²) in [5, 5.41) is 26.8. The highest BCUT2D eigenvalue weighted by atomic mass is 35.5. The van der Waals surface area contributed by atoms with Gasteiger partial charge in [0.05, 0.1) is 18.6 Å². The average Bonchev–Trinajstić information content (AvgIpc) is 4.10. The maximum absolute atomic E-state index is 13.1. The fraction of sp³-hybridized carbons (Fsp3) is 0.292. The van der Waals surface area contributed by atoms with Crippen molar-refractivity contribution in [3.8, 4) is 11.5 Å². The number of hydrogen-bond donors (Lipinski definition) is 5. The topological polar surface area (TPSA) is 169 Å². The molecular formula is C48H47Cl2N5O8. The van der Waals surface area contributed by atoms with Crippen LogP contribution in [0, 0.1) is 0 Å². The highest BCUT2D eigenvalue weighted by molar-refractivity contribution is 6.31. The second-order valence-electron chi connectivity index (χ2n) is 16.1. The molecule has 0 radical (unpaired) electrons. The van der Waals surface area contributed by atoms with Crippen molar-refractivity contribution in [1.82, 2.24) is 25.1 Å². The molecule has 0 aliphatic carbocycles. The number of carbonyl (C=O) groups excluding carboxylic acids is 1. The Bertz CT molecular complexity index is 2880. The number of fused-ring (bicyclic) bond motifs is 4. The van der Waals surface area contributed by atoms with Crippen LogP contribution < -0.4 is 14.8 Å². The average molecular weight is 893 g/mol. The molecule has 4 aromatic carbocycles. The van der Waals surface area contributed by atoms with Crippen molar-refractivity contribution < 1.29 is 38.1 Å². The number of nitrogens with zero attached hydrogens (tertiary/aromatic N) is 2. The highest BCUT2D eigenvalue weighted by Crippen LogP contribution is 2.32. The van der Waals surface area contributed by atoms with Crippen LogP contribution in [0.15, 0.2) is 106 Å². The summed E-state index contributed by atoms with van der Waals surface area (Å²) in [6.45, 7) is 6.70. The molecule has 0 atom stereocenters. The molecule has 4 aromatic heterocycles. The predicted octanol–water partition coefficient (Wildman–Crippen LogP) is 9.64. The van der Waals surface area contributed by atoms with Gasteiger partial charge in [0.1, 0.15) is 47.3 Å². The van der Waals surface area contributed by atoms with Gasteiger partial charge < -0.3 is 53.6 Å². The number of furan rings is 2. The molecule has 2 aliphatic heterocycles. The highest BCUT2D eigenvalue weighted by Gasteiger charge is 2.24. The Hall–Kier alpha value is -5.96. The molecule has 15 heteroatoms. The molecule has 63 heavy (non-hydrogen) atoms. The van der Waals surface area contributed by atoms with Crippen molar-refractivity contribution >= 4 is 78.8 Å². The third-order valence-corrected chi connectivity index (χ3v) is 12.4. The minimum atomic E-state index is -1.00. The Morgan fingerprint density at radius 1 is 0.667 bits per heavy atom. The number of amides is 1. The van der Waals surface area contributed by atoms with E-state index in [1.165, 1.54) is 0 Å². The molecule has 8 aromatic rings. The molecule has 13 nitrogen and oxygen atoms in total. The largest absolute Gasteiger partial charge is 0.488 e. The number of H-pyrrole nitrogens is 2. The Morgan fingerprint density at radius 3 is 1.68 bits per heavy atom. The van der Waals surface area contributed by atoms with Gasteiger partial charge in [-0.05, 0) is 98.5 Å². The number of rotatable bonds is 12. The number of piperidine rings is 2. The summed E-state index contributed by atoms with van der Waals surface area (Å²) in [5.74, 6) is 0.234. The van der Waals surface area contributed by atoms with E-state index in [4.69, 9.17) is 46.6 Å². The minimum absolute atomic E-state index is 0.0832. The van der Waals surface area contributed by atoms with Gasteiger partial charge in [-0.15, -0.1) is 0 Å². The first-order chi connectivity index (χ1) is 30.6. The number of aromatic nitrogens is 2. The normalized spacial score (nSPS) is 15.5. The quantitative estimate of drug-likeness (QED) is 0.0796. The zero-order chi connectivity index (χ0) is 43.5. The number of benzene rings is 4. The van der Waals surface area contributed by atoms with Gasteiger partial charge in [-0.3, -0.25) is 4.79 Å². The first-order valence-corrected chi connectivity index (χ1v) is 21.9. The van der Waals surface area contributed by atoms with Crippen molar-refractivity contribution in [3.63, 3.8) is 0 Å². The molecule has 5 N–H and O–H groups in total. The first kappa shape index (κ1) is 42.3. The van der Waals surface area contributed by atoms with Crippen LogP contribution in [0.2, 0.25) is 10.0 Å². The lowest BCUT2D eigenvalue weighted by Gasteiger charge is -2.35. The van der Waals surface area contributed by atoms with Crippen molar-refractivity contribution in [2.75, 3.05) is 39.3 Å². The third-order valence-electron chi connectivity index (χ3n) is 11.9. The van der Waals surface area contributed by atoms with Gasteiger partial charge in [-0.25, -0.2) is 4.79 Å². The number of halogens is 2. The van der Waals surface area contributed by atoms with E-state index in [1.807, 2.05) is 54.6 Å². The molecular weight excluding hydrogens is 845 g/mol. The number of carboxylic acids is 1. The molecule has 6 heterocycles. The fourth-order valence-electron chi connectivity index (χ4n) is 8.38.